The van der Waals surface area contributed by atoms with Gasteiger partial charge in [0.15, 0.2) is 6.61 Å². The Morgan fingerprint density at radius 3 is 2.85 bits per heavy atom. The van der Waals surface area contributed by atoms with Crippen molar-refractivity contribution in [3.63, 3.8) is 0 Å². The van der Waals surface area contributed by atoms with Crippen molar-refractivity contribution in [2.75, 3.05) is 5.32 Å². The van der Waals surface area contributed by atoms with Crippen molar-refractivity contribution in [3.05, 3.63) is 70.1 Å². The standard InChI is InChI=1S/C19H18FN3O3S/c1-12-5-3-6-14(9-12)25-11-18-22-23(19(27)26-18)10-17(24)21-16-8-4-7-15(20)13(16)2/h3-9H,10-11H2,1-2H3,(H,21,24). The summed E-state index contributed by atoms with van der Waals surface area (Å²) in [6.07, 6.45) is 0. The lowest BCUT2D eigenvalue weighted by atomic mass is 10.2. The normalized spacial score (nSPS) is 10.6. The lowest BCUT2D eigenvalue weighted by Gasteiger charge is -2.08. The zero-order chi connectivity index (χ0) is 19.4. The molecule has 1 aromatic heterocycles. The van der Waals surface area contributed by atoms with Gasteiger partial charge in [0, 0.05) is 11.3 Å². The number of carbonyl (C=O) groups excluding carboxylic acids is 1. The molecule has 0 unspecified atom stereocenters. The molecule has 6 nitrogen and oxygen atoms in total. The van der Waals surface area contributed by atoms with Crippen LogP contribution < -0.4 is 10.1 Å². The van der Waals surface area contributed by atoms with E-state index in [0.717, 1.165) is 5.56 Å². The molecule has 0 bridgehead atoms. The summed E-state index contributed by atoms with van der Waals surface area (Å²) in [6.45, 7) is 3.49. The summed E-state index contributed by atoms with van der Waals surface area (Å²) in [7, 11) is 0. The molecule has 3 aromatic rings. The highest BCUT2D eigenvalue weighted by molar-refractivity contribution is 7.71. The molecule has 0 radical (unpaired) electrons. The minimum absolute atomic E-state index is 0.0592. The minimum Gasteiger partial charge on any atom is -0.484 e. The molecular weight excluding hydrogens is 369 g/mol. The third-order valence-electron chi connectivity index (χ3n) is 3.84. The molecule has 0 saturated heterocycles. The van der Waals surface area contributed by atoms with E-state index in [9.17, 15) is 9.18 Å². The van der Waals surface area contributed by atoms with Gasteiger partial charge >= 0.3 is 0 Å². The number of benzene rings is 2. The van der Waals surface area contributed by atoms with Crippen molar-refractivity contribution < 1.29 is 18.3 Å². The summed E-state index contributed by atoms with van der Waals surface area (Å²) in [5.74, 6) is 0.168. The number of hydrogen-bond acceptors (Lipinski definition) is 5. The molecule has 0 saturated carbocycles. The third-order valence-corrected chi connectivity index (χ3v) is 4.13. The molecule has 1 amide bonds. The Kier molecular flexibility index (Phi) is 5.66. The molecule has 0 aliphatic rings. The lowest BCUT2D eigenvalue weighted by molar-refractivity contribution is -0.117. The summed E-state index contributed by atoms with van der Waals surface area (Å²) in [6, 6.07) is 12.1. The molecule has 1 N–H and O–H groups in total. The molecule has 0 spiro atoms. The number of hydrogen-bond donors (Lipinski definition) is 1. The Morgan fingerprint density at radius 1 is 1.30 bits per heavy atom. The largest absolute Gasteiger partial charge is 0.484 e. The topological polar surface area (TPSA) is 69.3 Å². The quantitative estimate of drug-likeness (QED) is 0.643. The molecule has 3 rings (SSSR count). The highest BCUT2D eigenvalue weighted by Gasteiger charge is 2.12. The van der Waals surface area contributed by atoms with Crippen molar-refractivity contribution in [2.45, 2.75) is 27.0 Å². The fraction of sp³-hybridized carbons (Fsp3) is 0.211. The van der Waals surface area contributed by atoms with Gasteiger partial charge in [0.05, 0.1) is 0 Å². The van der Waals surface area contributed by atoms with Crippen LogP contribution in [0.3, 0.4) is 0 Å². The number of nitrogens with one attached hydrogen (secondary N) is 1. The Bertz CT molecular complexity index is 1030. The zero-order valence-electron chi connectivity index (χ0n) is 14.9. The molecule has 140 valence electrons. The van der Waals surface area contributed by atoms with Crippen LogP contribution in [0, 0.1) is 24.5 Å². The second-order valence-corrected chi connectivity index (χ2v) is 6.33. The van der Waals surface area contributed by atoms with Crippen molar-refractivity contribution in [1.82, 2.24) is 9.78 Å². The molecule has 0 fully saturated rings. The molecule has 0 aliphatic heterocycles. The molecule has 0 aliphatic carbocycles. The van der Waals surface area contributed by atoms with E-state index in [4.69, 9.17) is 21.4 Å². The predicted octanol–water partition coefficient (Wildman–Crippen LogP) is 4.18. The van der Waals surface area contributed by atoms with Gasteiger partial charge in [0.25, 0.3) is 10.7 Å². The monoisotopic (exact) mass is 387 g/mol. The average molecular weight is 387 g/mol. The van der Waals surface area contributed by atoms with Gasteiger partial charge in [-0.2, -0.15) is 0 Å². The van der Waals surface area contributed by atoms with E-state index in [1.165, 1.54) is 16.8 Å². The van der Waals surface area contributed by atoms with Gasteiger partial charge in [0.1, 0.15) is 18.1 Å². The first kappa shape index (κ1) is 18.8. The Hall–Kier alpha value is -3.00. The SMILES string of the molecule is Cc1cccc(OCc2nn(CC(=O)Nc3cccc(F)c3C)c(=S)o2)c1. The number of aryl methyl sites for hydroxylation is 1. The van der Waals surface area contributed by atoms with Gasteiger partial charge in [-0.3, -0.25) is 4.79 Å². The number of amides is 1. The van der Waals surface area contributed by atoms with Crippen LogP contribution in [0.4, 0.5) is 10.1 Å². The van der Waals surface area contributed by atoms with Crippen molar-refractivity contribution >= 4 is 23.8 Å². The van der Waals surface area contributed by atoms with Gasteiger partial charge in [0.2, 0.25) is 5.91 Å². The van der Waals surface area contributed by atoms with Crippen LogP contribution in [0.5, 0.6) is 5.75 Å². The van der Waals surface area contributed by atoms with E-state index in [2.05, 4.69) is 10.4 Å². The van der Waals surface area contributed by atoms with E-state index in [-0.39, 0.29) is 35.6 Å². The number of aromatic nitrogens is 2. The smallest absolute Gasteiger partial charge is 0.287 e. The van der Waals surface area contributed by atoms with Crippen LogP contribution in [-0.2, 0) is 17.9 Å². The van der Waals surface area contributed by atoms with E-state index in [0.29, 0.717) is 17.0 Å². The van der Waals surface area contributed by atoms with Gasteiger partial charge in [-0.1, -0.05) is 18.2 Å². The van der Waals surface area contributed by atoms with Crippen LogP contribution in [0.1, 0.15) is 17.0 Å². The second kappa shape index (κ2) is 8.13. The van der Waals surface area contributed by atoms with Gasteiger partial charge in [-0.05, 0) is 55.9 Å². The maximum atomic E-state index is 13.6. The van der Waals surface area contributed by atoms with Crippen LogP contribution >= 0.6 is 12.2 Å². The fourth-order valence-electron chi connectivity index (χ4n) is 2.43. The van der Waals surface area contributed by atoms with Crippen LogP contribution in [0.15, 0.2) is 46.9 Å². The van der Waals surface area contributed by atoms with Crippen molar-refractivity contribution in [2.24, 2.45) is 0 Å². The number of rotatable bonds is 6. The van der Waals surface area contributed by atoms with Crippen LogP contribution in [0.2, 0.25) is 0 Å². The molecule has 27 heavy (non-hydrogen) atoms. The molecule has 2 aromatic carbocycles. The van der Waals surface area contributed by atoms with E-state index in [1.807, 2.05) is 31.2 Å². The highest BCUT2D eigenvalue weighted by Crippen LogP contribution is 2.17. The first-order valence-electron chi connectivity index (χ1n) is 8.23. The van der Waals surface area contributed by atoms with Crippen LogP contribution in [-0.4, -0.2) is 15.7 Å². The first-order chi connectivity index (χ1) is 12.9. The first-order valence-corrected chi connectivity index (χ1v) is 8.64. The lowest BCUT2D eigenvalue weighted by Crippen LogP contribution is -2.20. The third kappa shape index (κ3) is 4.79. The van der Waals surface area contributed by atoms with E-state index >= 15 is 0 Å². The maximum Gasteiger partial charge on any atom is 0.287 e. The van der Waals surface area contributed by atoms with Gasteiger partial charge in [-0.25, -0.2) is 9.07 Å². The number of anilines is 1. The number of ether oxygens (including phenoxy) is 1. The minimum atomic E-state index is -0.390. The Balaban J connectivity index is 1.63. The molecule has 1 heterocycles. The summed E-state index contributed by atoms with van der Waals surface area (Å²) in [5, 5.41) is 6.80. The van der Waals surface area contributed by atoms with Gasteiger partial charge in [-0.15, -0.1) is 5.10 Å². The maximum absolute atomic E-state index is 13.6. The zero-order valence-corrected chi connectivity index (χ0v) is 15.7. The van der Waals surface area contributed by atoms with E-state index in [1.54, 1.807) is 13.0 Å². The van der Waals surface area contributed by atoms with E-state index < -0.39 is 0 Å². The predicted molar refractivity (Wildman–Crippen MR) is 101 cm³/mol. The fourth-order valence-corrected chi connectivity index (χ4v) is 2.63. The van der Waals surface area contributed by atoms with Crippen molar-refractivity contribution in [1.29, 1.82) is 0 Å². The summed E-state index contributed by atoms with van der Waals surface area (Å²) in [4.78, 5) is 12.3. The Morgan fingerprint density at radius 2 is 2.07 bits per heavy atom. The number of carbonyl (C=O) groups is 1. The second-order valence-electron chi connectivity index (χ2n) is 5.99. The molecule has 0 atom stereocenters. The summed E-state index contributed by atoms with van der Waals surface area (Å²) >= 11 is 5.09. The van der Waals surface area contributed by atoms with Crippen molar-refractivity contribution in [3.8, 4) is 5.75 Å². The number of halogens is 1. The molecule has 8 heteroatoms. The number of nitrogens with zero attached hydrogens (tertiary/aromatic N) is 2. The Labute approximate surface area is 160 Å². The highest BCUT2D eigenvalue weighted by atomic mass is 32.1. The summed E-state index contributed by atoms with van der Waals surface area (Å²) in [5.41, 5.74) is 1.84. The molecular formula is C19H18FN3O3S. The summed E-state index contributed by atoms with van der Waals surface area (Å²) < 4.78 is 25.8. The average Bonchev–Trinajstić information content (AvgIpc) is 2.97. The van der Waals surface area contributed by atoms with Gasteiger partial charge < -0.3 is 14.5 Å². The van der Waals surface area contributed by atoms with Crippen LogP contribution in [0.25, 0.3) is 0 Å².